The summed E-state index contributed by atoms with van der Waals surface area (Å²) in [6.45, 7) is 7.89. The Morgan fingerprint density at radius 3 is 2.75 bits per heavy atom. The number of fused-ring (bicyclic) bond motifs is 1. The number of nitrogens with one attached hydrogen (secondary N) is 1. The monoisotopic (exact) mass is 433 g/mol. The van der Waals surface area contributed by atoms with Crippen LogP contribution >= 0.6 is 34.9 Å². The highest BCUT2D eigenvalue weighted by molar-refractivity contribution is 7.99. The molecule has 0 fully saturated rings. The molecule has 0 unspecified atom stereocenters. The molecular weight excluding hydrogens is 410 g/mol. The molecular formula is C20H23N3O2S3. The molecule has 1 N–H and O–H groups in total. The van der Waals surface area contributed by atoms with E-state index in [1.165, 1.54) is 23.1 Å². The van der Waals surface area contributed by atoms with Crippen molar-refractivity contribution in [3.63, 3.8) is 0 Å². The number of hydrogen-bond donors (Lipinski definition) is 1. The highest BCUT2D eigenvalue weighted by Gasteiger charge is 2.19. The first-order chi connectivity index (χ1) is 13.3. The molecule has 0 bridgehead atoms. The van der Waals surface area contributed by atoms with Gasteiger partial charge in [-0.2, -0.15) is 0 Å². The molecule has 148 valence electrons. The highest BCUT2D eigenvalue weighted by atomic mass is 32.2. The maximum Gasteiger partial charge on any atom is 0.263 e. The summed E-state index contributed by atoms with van der Waals surface area (Å²) in [5.41, 5.74) is 1.74. The largest absolute Gasteiger partial charge is 0.325 e. The van der Waals surface area contributed by atoms with Crippen molar-refractivity contribution in [3.8, 4) is 0 Å². The second-order valence-electron chi connectivity index (χ2n) is 6.70. The second kappa shape index (κ2) is 8.71. The van der Waals surface area contributed by atoms with Gasteiger partial charge in [0.05, 0.1) is 11.1 Å². The molecule has 0 saturated heterocycles. The van der Waals surface area contributed by atoms with Crippen molar-refractivity contribution >= 4 is 56.7 Å². The molecule has 0 radical (unpaired) electrons. The number of rotatable bonds is 6. The average Bonchev–Trinajstić information content (AvgIpc) is 2.94. The third-order valence-corrected chi connectivity index (χ3v) is 7.18. The number of thiophene rings is 1. The molecule has 0 aliphatic carbocycles. The lowest BCUT2D eigenvalue weighted by Crippen LogP contribution is -2.25. The van der Waals surface area contributed by atoms with Crippen molar-refractivity contribution in [2.45, 2.75) is 43.8 Å². The van der Waals surface area contributed by atoms with E-state index >= 15 is 0 Å². The number of carbonyl (C=O) groups is 1. The molecule has 2 heterocycles. The van der Waals surface area contributed by atoms with Gasteiger partial charge < -0.3 is 5.32 Å². The smallest absolute Gasteiger partial charge is 0.263 e. The Bertz CT molecular complexity index is 1090. The average molecular weight is 434 g/mol. The van der Waals surface area contributed by atoms with E-state index in [2.05, 4.69) is 5.32 Å². The van der Waals surface area contributed by atoms with Crippen molar-refractivity contribution in [2.75, 3.05) is 17.3 Å². The molecule has 2 aromatic heterocycles. The Kier molecular flexibility index (Phi) is 6.52. The zero-order chi connectivity index (χ0) is 20.4. The van der Waals surface area contributed by atoms with E-state index in [-0.39, 0.29) is 23.3 Å². The van der Waals surface area contributed by atoms with Crippen LogP contribution in [0.15, 0.2) is 39.1 Å². The Morgan fingerprint density at radius 1 is 1.32 bits per heavy atom. The van der Waals surface area contributed by atoms with Gasteiger partial charge in [-0.1, -0.05) is 17.8 Å². The van der Waals surface area contributed by atoms with Gasteiger partial charge in [0.2, 0.25) is 5.91 Å². The van der Waals surface area contributed by atoms with Gasteiger partial charge in [-0.3, -0.25) is 14.2 Å². The molecule has 1 amide bonds. The van der Waals surface area contributed by atoms with Crippen molar-refractivity contribution in [3.05, 3.63) is 45.1 Å². The van der Waals surface area contributed by atoms with Crippen LogP contribution in [-0.4, -0.2) is 27.5 Å². The van der Waals surface area contributed by atoms with Crippen LogP contribution in [0.3, 0.4) is 0 Å². The lowest BCUT2D eigenvalue weighted by molar-refractivity contribution is -0.113. The molecule has 28 heavy (non-hydrogen) atoms. The zero-order valence-electron chi connectivity index (χ0n) is 16.5. The first-order valence-corrected chi connectivity index (χ1v) is 11.9. The first kappa shape index (κ1) is 21.0. The summed E-state index contributed by atoms with van der Waals surface area (Å²) in [5.74, 6) is 0.0729. The van der Waals surface area contributed by atoms with E-state index in [0.717, 1.165) is 25.9 Å². The molecule has 0 aliphatic heterocycles. The van der Waals surface area contributed by atoms with E-state index in [4.69, 9.17) is 4.98 Å². The third-order valence-electron chi connectivity index (χ3n) is 4.40. The summed E-state index contributed by atoms with van der Waals surface area (Å²) in [5, 5.41) is 4.19. The van der Waals surface area contributed by atoms with Crippen LogP contribution in [0.5, 0.6) is 0 Å². The lowest BCUT2D eigenvalue weighted by atomic mass is 10.2. The van der Waals surface area contributed by atoms with Gasteiger partial charge in [-0.15, -0.1) is 23.1 Å². The predicted octanol–water partition coefficient (Wildman–Crippen LogP) is 5.11. The van der Waals surface area contributed by atoms with Gasteiger partial charge in [0, 0.05) is 21.5 Å². The minimum atomic E-state index is -0.119. The van der Waals surface area contributed by atoms with E-state index in [0.29, 0.717) is 10.5 Å². The van der Waals surface area contributed by atoms with Gasteiger partial charge in [0.1, 0.15) is 4.83 Å². The molecule has 0 atom stereocenters. The fourth-order valence-electron chi connectivity index (χ4n) is 2.87. The summed E-state index contributed by atoms with van der Waals surface area (Å²) in [4.78, 5) is 33.1. The summed E-state index contributed by atoms with van der Waals surface area (Å²) in [6.07, 6.45) is 2.00. The van der Waals surface area contributed by atoms with Crippen LogP contribution < -0.4 is 10.9 Å². The molecule has 8 heteroatoms. The number of aryl methyl sites for hydroxylation is 2. The van der Waals surface area contributed by atoms with Gasteiger partial charge in [-0.25, -0.2) is 4.98 Å². The maximum atomic E-state index is 13.0. The summed E-state index contributed by atoms with van der Waals surface area (Å²) < 4.78 is 1.69. The van der Waals surface area contributed by atoms with Crippen LogP contribution in [0.4, 0.5) is 5.69 Å². The number of thioether (sulfide) groups is 2. The van der Waals surface area contributed by atoms with E-state index in [9.17, 15) is 9.59 Å². The van der Waals surface area contributed by atoms with Crippen LogP contribution in [0.1, 0.15) is 30.3 Å². The standard InChI is InChI=1S/C20H23N3O2S3/c1-11(2)23-19(25)17-12(3)13(4)28-18(17)22-20(23)27-10-16(24)21-14-7-6-8-15(9-14)26-5/h6-9,11H,10H2,1-5H3,(H,21,24). The summed E-state index contributed by atoms with van der Waals surface area (Å²) in [7, 11) is 0. The lowest BCUT2D eigenvalue weighted by Gasteiger charge is -2.15. The maximum absolute atomic E-state index is 13.0. The van der Waals surface area contributed by atoms with Crippen LogP contribution in [-0.2, 0) is 4.79 Å². The van der Waals surface area contributed by atoms with Crippen LogP contribution in [0.2, 0.25) is 0 Å². The van der Waals surface area contributed by atoms with Crippen molar-refractivity contribution < 1.29 is 4.79 Å². The Labute approximate surface area is 176 Å². The van der Waals surface area contributed by atoms with Gasteiger partial charge in [0.15, 0.2) is 5.16 Å². The molecule has 0 saturated carbocycles. The summed E-state index contributed by atoms with van der Waals surface area (Å²) >= 11 is 4.45. The number of benzene rings is 1. The third kappa shape index (κ3) is 4.29. The second-order valence-corrected chi connectivity index (χ2v) is 9.72. The first-order valence-electron chi connectivity index (χ1n) is 8.90. The van der Waals surface area contributed by atoms with Gasteiger partial charge in [-0.05, 0) is 57.7 Å². The van der Waals surface area contributed by atoms with Gasteiger partial charge in [0.25, 0.3) is 5.56 Å². The van der Waals surface area contributed by atoms with Crippen molar-refractivity contribution in [1.82, 2.24) is 9.55 Å². The molecule has 3 rings (SSSR count). The minimum absolute atomic E-state index is 0.0302. The number of hydrogen-bond acceptors (Lipinski definition) is 6. The SMILES string of the molecule is CSc1cccc(NC(=O)CSc2nc3sc(C)c(C)c3c(=O)n2C(C)C)c1. The molecule has 1 aromatic carbocycles. The summed E-state index contributed by atoms with van der Waals surface area (Å²) in [6, 6.07) is 7.70. The number of aromatic nitrogens is 2. The Hall–Kier alpha value is -1.77. The van der Waals surface area contributed by atoms with Crippen LogP contribution in [0.25, 0.3) is 10.2 Å². The molecule has 0 aliphatic rings. The molecule has 3 aromatic rings. The van der Waals surface area contributed by atoms with Crippen LogP contribution in [0, 0.1) is 13.8 Å². The number of anilines is 1. The van der Waals surface area contributed by atoms with E-state index in [1.54, 1.807) is 16.3 Å². The zero-order valence-corrected chi connectivity index (χ0v) is 19.0. The number of carbonyl (C=O) groups excluding carboxylic acids is 1. The predicted molar refractivity (Wildman–Crippen MR) is 121 cm³/mol. The number of amides is 1. The Balaban J connectivity index is 1.84. The fourth-order valence-corrected chi connectivity index (χ4v) is 5.33. The van der Waals surface area contributed by atoms with Crippen molar-refractivity contribution in [2.24, 2.45) is 0 Å². The molecule has 5 nitrogen and oxygen atoms in total. The minimum Gasteiger partial charge on any atom is -0.325 e. The highest BCUT2D eigenvalue weighted by Crippen LogP contribution is 2.29. The van der Waals surface area contributed by atoms with Crippen molar-refractivity contribution in [1.29, 1.82) is 0 Å². The topological polar surface area (TPSA) is 64.0 Å². The quantitative estimate of drug-likeness (QED) is 0.432. The number of nitrogens with zero attached hydrogens (tertiary/aromatic N) is 2. The fraction of sp³-hybridized carbons (Fsp3) is 0.350. The van der Waals surface area contributed by atoms with Gasteiger partial charge >= 0.3 is 0 Å². The van der Waals surface area contributed by atoms with E-state index in [1.807, 2.05) is 58.2 Å². The Morgan fingerprint density at radius 2 is 2.07 bits per heavy atom. The van der Waals surface area contributed by atoms with E-state index < -0.39 is 0 Å². The normalized spacial score (nSPS) is 11.4. The molecule has 0 spiro atoms.